The van der Waals surface area contributed by atoms with Crippen LogP contribution in [0.2, 0.25) is 0 Å². The number of carbonyl (C=O) groups is 3. The van der Waals surface area contributed by atoms with E-state index in [0.29, 0.717) is 45.0 Å². The Kier molecular flexibility index (Phi) is 6.03. The lowest BCUT2D eigenvalue weighted by atomic mass is 9.94. The van der Waals surface area contributed by atoms with Crippen LogP contribution >= 0.6 is 0 Å². The molecule has 2 N–H and O–H groups in total. The molecule has 2 heterocycles. The summed E-state index contributed by atoms with van der Waals surface area (Å²) < 4.78 is 26.8. The molecule has 1 aromatic rings. The molecule has 8 heteroatoms. The van der Waals surface area contributed by atoms with E-state index in [1.54, 1.807) is 0 Å². The molecule has 27 heavy (non-hydrogen) atoms. The minimum absolute atomic E-state index is 0.153. The Balaban J connectivity index is 1.54. The Morgan fingerprint density at radius 3 is 2.56 bits per heavy atom. The average Bonchev–Trinajstić information content (AvgIpc) is 2.86. The minimum atomic E-state index is -0.890. The maximum absolute atomic E-state index is 13.8. The van der Waals surface area contributed by atoms with Gasteiger partial charge in [0, 0.05) is 31.6 Å². The van der Waals surface area contributed by atoms with Crippen LogP contribution in [0.4, 0.5) is 8.78 Å². The Labute approximate surface area is 156 Å². The summed E-state index contributed by atoms with van der Waals surface area (Å²) >= 11 is 0. The fraction of sp³-hybridized carbons (Fsp3) is 0.526. The first-order valence-corrected chi connectivity index (χ1v) is 9.28. The Hall–Kier alpha value is -2.51. The highest BCUT2D eigenvalue weighted by atomic mass is 19.1. The van der Waals surface area contributed by atoms with Gasteiger partial charge in [0.2, 0.25) is 11.8 Å². The van der Waals surface area contributed by atoms with Gasteiger partial charge >= 0.3 is 0 Å². The summed E-state index contributed by atoms with van der Waals surface area (Å²) in [5.41, 5.74) is -0.172. The second kappa shape index (κ2) is 8.45. The topological polar surface area (TPSA) is 78.5 Å². The fourth-order valence-corrected chi connectivity index (χ4v) is 3.54. The van der Waals surface area contributed by atoms with Gasteiger partial charge in [0.05, 0.1) is 5.56 Å². The zero-order chi connectivity index (χ0) is 19.4. The van der Waals surface area contributed by atoms with Crippen molar-refractivity contribution in [2.45, 2.75) is 38.1 Å². The number of likely N-dealkylation sites (tertiary alicyclic amines) is 1. The largest absolute Gasteiger partial charge is 0.354 e. The van der Waals surface area contributed by atoms with Crippen LogP contribution in [0, 0.1) is 17.6 Å². The third kappa shape index (κ3) is 4.61. The van der Waals surface area contributed by atoms with Gasteiger partial charge in [0.1, 0.15) is 17.7 Å². The van der Waals surface area contributed by atoms with Gasteiger partial charge in [0.15, 0.2) is 0 Å². The van der Waals surface area contributed by atoms with Crippen molar-refractivity contribution in [1.82, 2.24) is 15.5 Å². The van der Waals surface area contributed by atoms with E-state index in [9.17, 15) is 23.2 Å². The molecular weight excluding hydrogens is 356 g/mol. The predicted octanol–water partition coefficient (Wildman–Crippen LogP) is 1.60. The first kappa shape index (κ1) is 19.3. The lowest BCUT2D eigenvalue weighted by Gasteiger charge is -2.32. The zero-order valence-electron chi connectivity index (χ0n) is 15.0. The highest BCUT2D eigenvalue weighted by Crippen LogP contribution is 2.21. The lowest BCUT2D eigenvalue weighted by Crippen LogP contribution is -2.49. The summed E-state index contributed by atoms with van der Waals surface area (Å²) in [6, 6.07) is 2.36. The summed E-state index contributed by atoms with van der Waals surface area (Å²) in [6.45, 7) is 1.25. The van der Waals surface area contributed by atoms with Gasteiger partial charge in [-0.2, -0.15) is 0 Å². The summed E-state index contributed by atoms with van der Waals surface area (Å²) in [7, 11) is 0. The van der Waals surface area contributed by atoms with Crippen LogP contribution in [0.15, 0.2) is 18.2 Å². The molecule has 1 unspecified atom stereocenters. The quantitative estimate of drug-likeness (QED) is 0.837. The highest BCUT2D eigenvalue weighted by molar-refractivity contribution is 5.94. The summed E-state index contributed by atoms with van der Waals surface area (Å²) in [6.07, 6.45) is 3.28. The molecule has 6 nitrogen and oxygen atoms in total. The van der Waals surface area contributed by atoms with Crippen molar-refractivity contribution >= 4 is 17.7 Å². The summed E-state index contributed by atoms with van der Waals surface area (Å²) in [5.74, 6) is -2.75. The summed E-state index contributed by atoms with van der Waals surface area (Å²) in [5, 5.41) is 5.60. The van der Waals surface area contributed by atoms with Crippen molar-refractivity contribution < 1.29 is 23.2 Å². The molecule has 0 saturated carbocycles. The maximum Gasteiger partial charge on any atom is 0.256 e. The van der Waals surface area contributed by atoms with Crippen LogP contribution < -0.4 is 10.6 Å². The van der Waals surface area contributed by atoms with Gasteiger partial charge in [-0.15, -0.1) is 0 Å². The van der Waals surface area contributed by atoms with E-state index in [2.05, 4.69) is 10.6 Å². The fourth-order valence-electron chi connectivity index (χ4n) is 3.54. The molecular formula is C19H23F2N3O3. The smallest absolute Gasteiger partial charge is 0.256 e. The number of carbonyl (C=O) groups excluding carboxylic acids is 3. The first-order valence-electron chi connectivity index (χ1n) is 9.28. The molecule has 2 aliphatic rings. The molecule has 3 rings (SSSR count). The third-order valence-electron chi connectivity index (χ3n) is 5.17. The van der Waals surface area contributed by atoms with Gasteiger partial charge in [-0.05, 0) is 44.2 Å². The SMILES string of the molecule is O=C(NC1CCCCNC1=O)C1CCN(C(=O)c2ccc(F)cc2F)CC1. The number of nitrogens with one attached hydrogen (secondary N) is 2. The first-order chi connectivity index (χ1) is 13.0. The van der Waals surface area contributed by atoms with E-state index in [1.807, 2.05) is 0 Å². The molecule has 0 radical (unpaired) electrons. The number of halogens is 2. The molecule has 1 aromatic carbocycles. The molecule has 0 spiro atoms. The minimum Gasteiger partial charge on any atom is -0.354 e. The van der Waals surface area contributed by atoms with Crippen LogP contribution in [0.25, 0.3) is 0 Å². The van der Waals surface area contributed by atoms with Gasteiger partial charge in [0.25, 0.3) is 5.91 Å². The number of hydrogen-bond donors (Lipinski definition) is 2. The monoisotopic (exact) mass is 379 g/mol. The second-order valence-electron chi connectivity index (χ2n) is 7.04. The van der Waals surface area contributed by atoms with Crippen LogP contribution in [-0.4, -0.2) is 48.3 Å². The van der Waals surface area contributed by atoms with Crippen LogP contribution in [0.5, 0.6) is 0 Å². The summed E-state index contributed by atoms with van der Waals surface area (Å²) in [4.78, 5) is 38.3. The Bertz CT molecular complexity index is 733. The molecule has 1 atom stereocenters. The van der Waals surface area contributed by atoms with Crippen molar-refractivity contribution in [3.63, 3.8) is 0 Å². The highest BCUT2D eigenvalue weighted by Gasteiger charge is 2.31. The molecule has 146 valence electrons. The van der Waals surface area contributed by atoms with E-state index >= 15 is 0 Å². The van der Waals surface area contributed by atoms with Crippen molar-refractivity contribution in [2.24, 2.45) is 5.92 Å². The van der Waals surface area contributed by atoms with Gasteiger partial charge < -0.3 is 15.5 Å². The van der Waals surface area contributed by atoms with Crippen molar-refractivity contribution in [3.05, 3.63) is 35.4 Å². The van der Waals surface area contributed by atoms with Crippen molar-refractivity contribution in [1.29, 1.82) is 0 Å². The molecule has 2 saturated heterocycles. The van der Waals surface area contributed by atoms with Gasteiger partial charge in [-0.25, -0.2) is 8.78 Å². The zero-order valence-corrected chi connectivity index (χ0v) is 15.0. The lowest BCUT2D eigenvalue weighted by molar-refractivity contribution is -0.131. The second-order valence-corrected chi connectivity index (χ2v) is 7.04. The number of hydrogen-bond acceptors (Lipinski definition) is 3. The third-order valence-corrected chi connectivity index (χ3v) is 5.17. The Morgan fingerprint density at radius 2 is 1.85 bits per heavy atom. The number of amides is 3. The average molecular weight is 379 g/mol. The van der Waals surface area contributed by atoms with E-state index in [0.717, 1.165) is 25.0 Å². The van der Waals surface area contributed by atoms with Crippen LogP contribution in [-0.2, 0) is 9.59 Å². The van der Waals surface area contributed by atoms with E-state index in [4.69, 9.17) is 0 Å². The Morgan fingerprint density at radius 1 is 1.11 bits per heavy atom. The number of benzene rings is 1. The maximum atomic E-state index is 13.8. The normalized spacial score (nSPS) is 21.3. The van der Waals surface area contributed by atoms with E-state index in [-0.39, 0.29) is 23.3 Å². The number of nitrogens with zero attached hydrogens (tertiary/aromatic N) is 1. The standard InChI is InChI=1S/C19H23F2N3O3/c20-13-4-5-14(15(21)11-13)19(27)24-9-6-12(7-10-24)17(25)23-16-3-1-2-8-22-18(16)26/h4-5,11-12,16H,1-3,6-10H2,(H,22,26)(H,23,25). The van der Waals surface area contributed by atoms with Gasteiger partial charge in [-0.3, -0.25) is 14.4 Å². The van der Waals surface area contributed by atoms with E-state index < -0.39 is 23.6 Å². The molecule has 2 fully saturated rings. The molecule has 0 bridgehead atoms. The molecule has 0 aromatic heterocycles. The molecule has 0 aliphatic carbocycles. The number of rotatable bonds is 3. The van der Waals surface area contributed by atoms with Crippen molar-refractivity contribution in [3.8, 4) is 0 Å². The number of piperidine rings is 1. The van der Waals surface area contributed by atoms with Gasteiger partial charge in [-0.1, -0.05) is 0 Å². The van der Waals surface area contributed by atoms with Crippen LogP contribution in [0.3, 0.4) is 0 Å². The molecule has 2 aliphatic heterocycles. The van der Waals surface area contributed by atoms with Crippen molar-refractivity contribution in [2.75, 3.05) is 19.6 Å². The molecule has 3 amide bonds. The van der Waals surface area contributed by atoms with Crippen LogP contribution in [0.1, 0.15) is 42.5 Å². The predicted molar refractivity (Wildman–Crippen MR) is 93.8 cm³/mol. The van der Waals surface area contributed by atoms with E-state index in [1.165, 1.54) is 4.90 Å².